The second kappa shape index (κ2) is 11.8. The molecule has 2 nitrogen and oxygen atoms in total. The molecular weight excluding hydrogens is 673 g/mol. The van der Waals surface area contributed by atoms with Gasteiger partial charge in [-0.1, -0.05) is 135 Å². The predicted molar refractivity (Wildman–Crippen MR) is 231 cm³/mol. The first-order chi connectivity index (χ1) is 26.6. The second-order valence-corrected chi connectivity index (χ2v) is 16.0. The maximum atomic E-state index is 2.47. The van der Waals surface area contributed by atoms with Crippen molar-refractivity contribution in [3.63, 3.8) is 0 Å². The van der Waals surface area contributed by atoms with Crippen LogP contribution in [0.25, 0.3) is 69.9 Å². The van der Waals surface area contributed by atoms with Gasteiger partial charge in [0.1, 0.15) is 0 Å². The van der Waals surface area contributed by atoms with E-state index in [1.165, 1.54) is 86.7 Å². The lowest BCUT2D eigenvalue weighted by Crippen LogP contribution is -2.15. The van der Waals surface area contributed by atoms with Crippen LogP contribution in [0.1, 0.15) is 25.0 Å². The molecule has 3 heteroatoms. The van der Waals surface area contributed by atoms with E-state index in [0.717, 1.165) is 11.4 Å². The van der Waals surface area contributed by atoms with Gasteiger partial charge in [0.05, 0.1) is 22.4 Å². The highest BCUT2D eigenvalue weighted by molar-refractivity contribution is 7.26. The van der Waals surface area contributed by atoms with Crippen LogP contribution in [0.3, 0.4) is 0 Å². The largest absolute Gasteiger partial charge is 0.310 e. The van der Waals surface area contributed by atoms with Crippen molar-refractivity contribution in [1.29, 1.82) is 0 Å². The zero-order valence-corrected chi connectivity index (χ0v) is 30.9. The third-order valence-electron chi connectivity index (χ3n) is 11.6. The van der Waals surface area contributed by atoms with E-state index in [1.54, 1.807) is 0 Å². The summed E-state index contributed by atoms with van der Waals surface area (Å²) in [6.07, 6.45) is 0. The number of thiophene rings is 1. The first-order valence-electron chi connectivity index (χ1n) is 18.7. The molecule has 256 valence electrons. The van der Waals surface area contributed by atoms with Crippen molar-refractivity contribution < 1.29 is 0 Å². The van der Waals surface area contributed by atoms with E-state index in [9.17, 15) is 0 Å². The van der Waals surface area contributed by atoms with Crippen molar-refractivity contribution in [3.05, 3.63) is 193 Å². The van der Waals surface area contributed by atoms with E-state index in [4.69, 9.17) is 0 Å². The predicted octanol–water partition coefficient (Wildman–Crippen LogP) is 14.6. The number of fused-ring (bicyclic) bond motifs is 9. The number of aromatic nitrogens is 1. The molecule has 2 heterocycles. The number of rotatable bonds is 5. The van der Waals surface area contributed by atoms with Crippen molar-refractivity contribution in [2.45, 2.75) is 19.3 Å². The summed E-state index contributed by atoms with van der Waals surface area (Å²) in [5.41, 5.74) is 14.8. The molecule has 8 aromatic carbocycles. The molecule has 0 radical (unpaired) electrons. The van der Waals surface area contributed by atoms with E-state index in [-0.39, 0.29) is 5.41 Å². The molecule has 0 atom stereocenters. The fourth-order valence-electron chi connectivity index (χ4n) is 9.10. The molecule has 54 heavy (non-hydrogen) atoms. The Morgan fingerprint density at radius 3 is 1.83 bits per heavy atom. The van der Waals surface area contributed by atoms with Gasteiger partial charge in [0.15, 0.2) is 0 Å². The molecule has 0 saturated heterocycles. The highest BCUT2D eigenvalue weighted by Crippen LogP contribution is 2.52. The molecule has 10 aromatic rings. The highest BCUT2D eigenvalue weighted by atomic mass is 32.1. The molecule has 2 aromatic heterocycles. The Labute approximate surface area is 318 Å². The van der Waals surface area contributed by atoms with Crippen molar-refractivity contribution in [2.75, 3.05) is 4.90 Å². The van der Waals surface area contributed by atoms with Crippen molar-refractivity contribution in [2.24, 2.45) is 0 Å². The fraction of sp³-hybridized carbons (Fsp3) is 0.0588. The Bertz CT molecular complexity index is 3030. The maximum absolute atomic E-state index is 2.47. The summed E-state index contributed by atoms with van der Waals surface area (Å²) in [5.74, 6) is 0. The number of nitrogens with zero attached hydrogens (tertiary/aromatic N) is 2. The molecule has 0 spiro atoms. The molecule has 0 saturated carbocycles. The second-order valence-electron chi connectivity index (χ2n) is 14.9. The first-order valence-corrected chi connectivity index (χ1v) is 19.5. The molecular formula is C51H36N2S. The van der Waals surface area contributed by atoms with Gasteiger partial charge in [-0.05, 0) is 88.5 Å². The average molecular weight is 709 g/mol. The standard InChI is InChI=1S/C51H36N2S/c1-51(2)42-19-8-3-15-37(42)41-32-35(30-31-43(41)51)52(47-23-13-25-49-50(47)40-18-7-12-24-48(40)54-49)34-28-26-33(27-29-34)36-14-4-9-20-44(36)53-45-21-10-5-16-38(45)39-17-6-11-22-46(39)53/h3-32H,1-2H3. The Hall–Kier alpha value is -6.42. The number of anilines is 3. The van der Waals surface area contributed by atoms with Crippen LogP contribution in [-0.2, 0) is 5.41 Å². The van der Waals surface area contributed by atoms with Crippen LogP contribution in [0.15, 0.2) is 182 Å². The van der Waals surface area contributed by atoms with Crippen LogP contribution in [0, 0.1) is 0 Å². The minimum absolute atomic E-state index is 0.0513. The molecule has 0 aliphatic heterocycles. The lowest BCUT2D eigenvalue weighted by Gasteiger charge is -2.28. The summed E-state index contributed by atoms with van der Waals surface area (Å²) in [6, 6.07) is 67.1. The number of para-hydroxylation sites is 3. The van der Waals surface area contributed by atoms with Crippen molar-refractivity contribution in [1.82, 2.24) is 4.57 Å². The third kappa shape index (κ3) is 4.52. The van der Waals surface area contributed by atoms with Gasteiger partial charge in [0, 0.05) is 53.3 Å². The Kier molecular flexibility index (Phi) is 6.80. The summed E-state index contributed by atoms with van der Waals surface area (Å²) in [4.78, 5) is 2.47. The zero-order chi connectivity index (χ0) is 36.0. The average Bonchev–Trinajstić information content (AvgIpc) is 3.84. The minimum atomic E-state index is -0.0513. The van der Waals surface area contributed by atoms with Gasteiger partial charge in [0.2, 0.25) is 0 Å². The lowest BCUT2D eigenvalue weighted by atomic mass is 9.82. The highest BCUT2D eigenvalue weighted by Gasteiger charge is 2.35. The SMILES string of the molecule is CC1(C)c2ccccc2-c2cc(N(c3ccc(-c4ccccc4-n4c5ccccc5c5ccccc54)cc3)c3cccc4sc5ccccc5c34)ccc21. The lowest BCUT2D eigenvalue weighted by molar-refractivity contribution is 0.660. The molecule has 0 amide bonds. The van der Waals surface area contributed by atoms with E-state index in [2.05, 4.69) is 205 Å². The topological polar surface area (TPSA) is 8.17 Å². The van der Waals surface area contributed by atoms with Gasteiger partial charge >= 0.3 is 0 Å². The fourth-order valence-corrected chi connectivity index (χ4v) is 10.2. The summed E-state index contributed by atoms with van der Waals surface area (Å²) in [7, 11) is 0. The summed E-state index contributed by atoms with van der Waals surface area (Å²) in [5, 5.41) is 5.12. The molecule has 0 unspecified atom stereocenters. The smallest absolute Gasteiger partial charge is 0.0554 e. The van der Waals surface area contributed by atoms with Gasteiger partial charge in [-0.3, -0.25) is 0 Å². The first kappa shape index (κ1) is 31.1. The van der Waals surface area contributed by atoms with Crippen LogP contribution in [-0.4, -0.2) is 4.57 Å². The van der Waals surface area contributed by atoms with E-state index in [0.29, 0.717) is 0 Å². The summed E-state index contributed by atoms with van der Waals surface area (Å²) >= 11 is 1.87. The van der Waals surface area contributed by atoms with Crippen LogP contribution < -0.4 is 4.90 Å². The van der Waals surface area contributed by atoms with Crippen LogP contribution >= 0.6 is 11.3 Å². The molecule has 11 rings (SSSR count). The number of hydrogen-bond acceptors (Lipinski definition) is 2. The zero-order valence-electron chi connectivity index (χ0n) is 30.1. The van der Waals surface area contributed by atoms with Crippen molar-refractivity contribution in [3.8, 4) is 27.9 Å². The van der Waals surface area contributed by atoms with E-state index < -0.39 is 0 Å². The van der Waals surface area contributed by atoms with Crippen LogP contribution in [0.2, 0.25) is 0 Å². The quantitative estimate of drug-likeness (QED) is 0.173. The summed E-state index contributed by atoms with van der Waals surface area (Å²) in [6.45, 7) is 4.70. The monoisotopic (exact) mass is 708 g/mol. The van der Waals surface area contributed by atoms with Crippen molar-refractivity contribution >= 4 is 70.4 Å². The van der Waals surface area contributed by atoms with Crippen LogP contribution in [0.5, 0.6) is 0 Å². The Morgan fingerprint density at radius 2 is 1.06 bits per heavy atom. The van der Waals surface area contributed by atoms with E-state index in [1.807, 2.05) is 11.3 Å². The van der Waals surface area contributed by atoms with Crippen LogP contribution in [0.4, 0.5) is 17.1 Å². The van der Waals surface area contributed by atoms with Gasteiger partial charge in [-0.15, -0.1) is 11.3 Å². The van der Waals surface area contributed by atoms with E-state index >= 15 is 0 Å². The maximum Gasteiger partial charge on any atom is 0.0554 e. The third-order valence-corrected chi connectivity index (χ3v) is 12.7. The van der Waals surface area contributed by atoms with Gasteiger partial charge in [-0.25, -0.2) is 0 Å². The van der Waals surface area contributed by atoms with Gasteiger partial charge in [-0.2, -0.15) is 0 Å². The minimum Gasteiger partial charge on any atom is -0.310 e. The molecule has 0 bridgehead atoms. The van der Waals surface area contributed by atoms with Gasteiger partial charge in [0.25, 0.3) is 0 Å². The molecule has 0 N–H and O–H groups in total. The Balaban J connectivity index is 1.10. The molecule has 1 aliphatic carbocycles. The summed E-state index contributed by atoms with van der Waals surface area (Å²) < 4.78 is 5.02. The normalized spacial score (nSPS) is 13.1. The number of benzene rings is 8. The Morgan fingerprint density at radius 1 is 0.463 bits per heavy atom. The van der Waals surface area contributed by atoms with Gasteiger partial charge < -0.3 is 9.47 Å². The number of hydrogen-bond donors (Lipinski definition) is 0. The molecule has 1 aliphatic rings. The molecule has 0 fully saturated rings.